The fourth-order valence-electron chi connectivity index (χ4n) is 3.89. The summed E-state index contributed by atoms with van der Waals surface area (Å²) in [5.41, 5.74) is 3.30. The average Bonchev–Trinajstić information content (AvgIpc) is 3.09. The van der Waals surface area contributed by atoms with Crippen molar-refractivity contribution in [3.05, 3.63) is 65.2 Å². The molecule has 0 spiro atoms. The van der Waals surface area contributed by atoms with Crippen molar-refractivity contribution in [1.82, 2.24) is 10.2 Å². The number of benzene rings is 2. The molecule has 2 unspecified atom stereocenters. The average molecular weight is 466 g/mol. The lowest BCUT2D eigenvalue weighted by Crippen LogP contribution is -2.47. The lowest BCUT2D eigenvalue weighted by Gasteiger charge is -2.25. The Hall–Kier alpha value is -3.35. The van der Waals surface area contributed by atoms with Crippen molar-refractivity contribution in [3.63, 3.8) is 0 Å². The largest absolute Gasteiger partial charge is 0.438 e. The van der Waals surface area contributed by atoms with Crippen molar-refractivity contribution < 1.29 is 19.1 Å². The summed E-state index contributed by atoms with van der Waals surface area (Å²) in [5, 5.41) is 5.85. The molecule has 182 valence electrons. The zero-order chi connectivity index (χ0) is 24.8. The molecule has 1 aliphatic rings. The van der Waals surface area contributed by atoms with Crippen LogP contribution in [0.5, 0.6) is 0 Å². The van der Waals surface area contributed by atoms with Crippen LogP contribution in [-0.2, 0) is 20.9 Å². The lowest BCUT2D eigenvalue weighted by atomic mass is 9.99. The Labute approximate surface area is 201 Å². The standard InChI is InChI=1S/C27H35N3O4/c1-17(2)13-23(31)29-22-8-6-7-21(14-22)25-24(26(32)28-15-18(3)4)30(27(33)34-25)16-20-11-9-19(5)10-12-20/h6-12,14,17-18,24-25H,13,15-16H2,1-5H3,(H,28,32)(H,29,31). The van der Waals surface area contributed by atoms with E-state index in [0.29, 0.717) is 24.2 Å². The molecule has 7 heteroatoms. The van der Waals surface area contributed by atoms with Crippen LogP contribution in [0.1, 0.15) is 56.9 Å². The molecule has 0 bridgehead atoms. The minimum Gasteiger partial charge on any atom is -0.438 e. The number of cyclic esters (lactones) is 1. The number of hydrogen-bond acceptors (Lipinski definition) is 4. The van der Waals surface area contributed by atoms with Crippen LogP contribution in [0.2, 0.25) is 0 Å². The summed E-state index contributed by atoms with van der Waals surface area (Å²) in [5.74, 6) is 0.169. The Morgan fingerprint density at radius 3 is 2.38 bits per heavy atom. The van der Waals surface area contributed by atoms with Crippen LogP contribution in [0.25, 0.3) is 0 Å². The van der Waals surface area contributed by atoms with Crippen LogP contribution in [0, 0.1) is 18.8 Å². The third-order valence-electron chi connectivity index (χ3n) is 5.60. The van der Waals surface area contributed by atoms with E-state index in [-0.39, 0.29) is 30.2 Å². The number of amides is 3. The SMILES string of the molecule is Cc1ccc(CN2C(=O)OC(c3cccc(NC(=O)CC(C)C)c3)C2C(=O)NCC(C)C)cc1. The van der Waals surface area contributed by atoms with Crippen LogP contribution in [0.4, 0.5) is 10.5 Å². The topological polar surface area (TPSA) is 87.7 Å². The molecule has 2 aromatic rings. The Morgan fingerprint density at radius 2 is 1.74 bits per heavy atom. The zero-order valence-electron chi connectivity index (χ0n) is 20.6. The summed E-state index contributed by atoms with van der Waals surface area (Å²) in [6.07, 6.45) is -0.913. The van der Waals surface area contributed by atoms with Crippen molar-refractivity contribution in [2.45, 2.75) is 59.7 Å². The number of carbonyl (C=O) groups excluding carboxylic acids is 3. The van der Waals surface area contributed by atoms with Crippen molar-refractivity contribution >= 4 is 23.6 Å². The van der Waals surface area contributed by atoms with E-state index in [2.05, 4.69) is 10.6 Å². The number of nitrogens with zero attached hydrogens (tertiary/aromatic N) is 1. The highest BCUT2D eigenvalue weighted by Crippen LogP contribution is 2.35. The first kappa shape index (κ1) is 25.3. The second-order valence-electron chi connectivity index (χ2n) is 9.77. The highest BCUT2D eigenvalue weighted by Gasteiger charge is 2.47. The van der Waals surface area contributed by atoms with E-state index in [9.17, 15) is 14.4 Å². The Bertz CT molecular complexity index is 1020. The van der Waals surface area contributed by atoms with Crippen molar-refractivity contribution in [2.75, 3.05) is 11.9 Å². The van der Waals surface area contributed by atoms with Crippen LogP contribution in [0.3, 0.4) is 0 Å². The van der Waals surface area contributed by atoms with Gasteiger partial charge in [0.2, 0.25) is 11.8 Å². The summed E-state index contributed by atoms with van der Waals surface area (Å²) >= 11 is 0. The van der Waals surface area contributed by atoms with E-state index >= 15 is 0 Å². The van der Waals surface area contributed by atoms with Gasteiger partial charge in [0, 0.05) is 18.7 Å². The molecule has 0 saturated carbocycles. The third-order valence-corrected chi connectivity index (χ3v) is 5.60. The van der Waals surface area contributed by atoms with Gasteiger partial charge in [0.05, 0.1) is 6.54 Å². The summed E-state index contributed by atoms with van der Waals surface area (Å²) < 4.78 is 5.73. The minimum atomic E-state index is -0.825. The monoisotopic (exact) mass is 465 g/mol. The number of carbonyl (C=O) groups is 3. The van der Waals surface area contributed by atoms with Gasteiger partial charge in [0.1, 0.15) is 0 Å². The van der Waals surface area contributed by atoms with E-state index < -0.39 is 18.2 Å². The third kappa shape index (κ3) is 6.59. The molecular weight excluding hydrogens is 430 g/mol. The van der Waals surface area contributed by atoms with Crippen LogP contribution < -0.4 is 10.6 Å². The molecule has 7 nitrogen and oxygen atoms in total. The quantitative estimate of drug-likeness (QED) is 0.556. The van der Waals surface area contributed by atoms with Gasteiger partial charge in [-0.3, -0.25) is 14.5 Å². The molecule has 34 heavy (non-hydrogen) atoms. The predicted octanol–water partition coefficient (Wildman–Crippen LogP) is 4.81. The predicted molar refractivity (Wildman–Crippen MR) is 132 cm³/mol. The molecule has 2 atom stereocenters. The zero-order valence-corrected chi connectivity index (χ0v) is 20.6. The smallest absolute Gasteiger partial charge is 0.411 e. The maximum atomic E-state index is 13.3. The molecule has 0 radical (unpaired) electrons. The van der Waals surface area contributed by atoms with Crippen LogP contribution in [-0.4, -0.2) is 35.4 Å². The van der Waals surface area contributed by atoms with Crippen molar-refractivity contribution in [1.29, 1.82) is 0 Å². The van der Waals surface area contributed by atoms with Gasteiger partial charge >= 0.3 is 6.09 Å². The first-order valence-corrected chi connectivity index (χ1v) is 11.8. The number of ether oxygens (including phenoxy) is 1. The summed E-state index contributed by atoms with van der Waals surface area (Å²) in [4.78, 5) is 39.9. The van der Waals surface area contributed by atoms with E-state index in [1.165, 1.54) is 4.90 Å². The second kappa shape index (κ2) is 11.2. The number of anilines is 1. The van der Waals surface area contributed by atoms with Gasteiger partial charge in [0.25, 0.3) is 0 Å². The fraction of sp³-hybridized carbons (Fsp3) is 0.444. The Kier molecular flexibility index (Phi) is 8.31. The highest BCUT2D eigenvalue weighted by atomic mass is 16.6. The molecule has 3 rings (SSSR count). The van der Waals surface area contributed by atoms with Gasteiger partial charge < -0.3 is 15.4 Å². The minimum absolute atomic E-state index is 0.0807. The number of hydrogen-bond donors (Lipinski definition) is 2. The molecule has 1 aliphatic heterocycles. The Balaban J connectivity index is 1.87. The molecule has 3 amide bonds. The van der Waals surface area contributed by atoms with Crippen molar-refractivity contribution in [3.8, 4) is 0 Å². The van der Waals surface area contributed by atoms with E-state index in [1.807, 2.05) is 65.0 Å². The van der Waals surface area contributed by atoms with Crippen LogP contribution >= 0.6 is 0 Å². The molecular formula is C27H35N3O4. The van der Waals surface area contributed by atoms with Gasteiger partial charge in [0.15, 0.2) is 12.1 Å². The first-order chi connectivity index (χ1) is 16.1. The molecule has 1 saturated heterocycles. The van der Waals surface area contributed by atoms with Crippen molar-refractivity contribution in [2.24, 2.45) is 11.8 Å². The number of rotatable bonds is 9. The molecule has 1 fully saturated rings. The maximum absolute atomic E-state index is 13.3. The summed E-state index contributed by atoms with van der Waals surface area (Å²) in [7, 11) is 0. The van der Waals surface area contributed by atoms with Gasteiger partial charge in [-0.2, -0.15) is 0 Å². The lowest BCUT2D eigenvalue weighted by molar-refractivity contribution is -0.126. The van der Waals surface area contributed by atoms with Gasteiger partial charge in [-0.25, -0.2) is 4.79 Å². The molecule has 0 aliphatic carbocycles. The molecule has 2 N–H and O–H groups in total. The number of nitrogens with one attached hydrogen (secondary N) is 2. The van der Waals surface area contributed by atoms with Gasteiger partial charge in [-0.1, -0.05) is 69.7 Å². The van der Waals surface area contributed by atoms with E-state index in [4.69, 9.17) is 4.74 Å². The Morgan fingerprint density at radius 1 is 1.03 bits per heavy atom. The molecule has 1 heterocycles. The second-order valence-corrected chi connectivity index (χ2v) is 9.77. The fourth-order valence-corrected chi connectivity index (χ4v) is 3.89. The molecule has 0 aromatic heterocycles. The molecule has 2 aromatic carbocycles. The summed E-state index contributed by atoms with van der Waals surface area (Å²) in [6, 6.07) is 14.2. The summed E-state index contributed by atoms with van der Waals surface area (Å²) in [6.45, 7) is 10.8. The van der Waals surface area contributed by atoms with Gasteiger partial charge in [-0.15, -0.1) is 0 Å². The number of aryl methyl sites for hydroxylation is 1. The first-order valence-electron chi connectivity index (χ1n) is 11.8. The highest BCUT2D eigenvalue weighted by molar-refractivity contribution is 5.91. The van der Waals surface area contributed by atoms with Crippen LogP contribution in [0.15, 0.2) is 48.5 Å². The van der Waals surface area contributed by atoms with Gasteiger partial charge in [-0.05, 0) is 42.0 Å². The van der Waals surface area contributed by atoms with E-state index in [1.54, 1.807) is 18.2 Å². The normalized spacial score (nSPS) is 17.7. The maximum Gasteiger partial charge on any atom is 0.411 e. The van der Waals surface area contributed by atoms with E-state index in [0.717, 1.165) is 11.1 Å².